The van der Waals surface area contributed by atoms with Crippen molar-refractivity contribution in [2.45, 2.75) is 13.0 Å². The van der Waals surface area contributed by atoms with Crippen LogP contribution in [0.2, 0.25) is 0 Å². The monoisotopic (exact) mass is 261 g/mol. The molecule has 5 nitrogen and oxygen atoms in total. The minimum absolute atomic E-state index is 0.0660. The second-order valence-corrected chi connectivity index (χ2v) is 4.07. The highest BCUT2D eigenvalue weighted by Gasteiger charge is 2.15. The van der Waals surface area contributed by atoms with E-state index in [1.54, 1.807) is 13.2 Å². The Hall–Kier alpha value is -2.43. The van der Waals surface area contributed by atoms with E-state index in [-0.39, 0.29) is 11.8 Å². The molecule has 2 N–H and O–H groups in total. The molecule has 1 unspecified atom stereocenters. The summed E-state index contributed by atoms with van der Waals surface area (Å²) in [6.45, 7) is 1.89. The summed E-state index contributed by atoms with van der Waals surface area (Å²) in [5, 5.41) is 12.0. The molecule has 0 saturated carbocycles. The van der Waals surface area contributed by atoms with E-state index >= 15 is 0 Å². The summed E-state index contributed by atoms with van der Waals surface area (Å²) in [5.41, 5.74) is 0.825. The second-order valence-electron chi connectivity index (χ2n) is 4.07. The molecule has 0 amide bonds. The zero-order chi connectivity index (χ0) is 13.8. The van der Waals surface area contributed by atoms with E-state index in [1.807, 2.05) is 31.2 Å². The van der Waals surface area contributed by atoms with Crippen molar-refractivity contribution >= 4 is 11.7 Å². The predicted molar refractivity (Wildman–Crippen MR) is 70.7 cm³/mol. The van der Waals surface area contributed by atoms with Crippen molar-refractivity contribution in [3.8, 4) is 5.75 Å². The average molecular weight is 261 g/mol. The lowest BCUT2D eigenvalue weighted by atomic mass is 10.2. The molecule has 0 bridgehead atoms. The number of aromatic carboxylic acids is 1. The van der Waals surface area contributed by atoms with E-state index in [0.29, 0.717) is 5.76 Å². The summed E-state index contributed by atoms with van der Waals surface area (Å²) in [5.74, 6) is 0.141. The van der Waals surface area contributed by atoms with Crippen molar-refractivity contribution in [2.75, 3.05) is 12.4 Å². The molecule has 1 aromatic heterocycles. The van der Waals surface area contributed by atoms with Gasteiger partial charge in [-0.15, -0.1) is 0 Å². The number of hydrogen-bond acceptors (Lipinski definition) is 4. The number of carbonyl (C=O) groups is 1. The molecule has 0 spiro atoms. The lowest BCUT2D eigenvalue weighted by Gasteiger charge is -2.15. The summed E-state index contributed by atoms with van der Waals surface area (Å²) in [6, 6.07) is 10.4. The van der Waals surface area contributed by atoms with Crippen molar-refractivity contribution in [3.05, 3.63) is 47.9 Å². The number of benzene rings is 1. The summed E-state index contributed by atoms with van der Waals surface area (Å²) in [6.07, 6.45) is 0. The number of carboxylic acid groups (broad SMARTS) is 1. The van der Waals surface area contributed by atoms with Gasteiger partial charge in [-0.3, -0.25) is 0 Å². The van der Waals surface area contributed by atoms with Crippen molar-refractivity contribution < 1.29 is 19.1 Å². The van der Waals surface area contributed by atoms with E-state index in [9.17, 15) is 4.79 Å². The van der Waals surface area contributed by atoms with Crippen LogP contribution in [0.3, 0.4) is 0 Å². The maximum absolute atomic E-state index is 10.8. The van der Waals surface area contributed by atoms with E-state index in [0.717, 1.165) is 11.4 Å². The van der Waals surface area contributed by atoms with Crippen LogP contribution in [0.5, 0.6) is 5.75 Å². The Bertz CT molecular complexity index is 576. The van der Waals surface area contributed by atoms with Gasteiger partial charge in [-0.1, -0.05) is 12.1 Å². The van der Waals surface area contributed by atoms with Crippen molar-refractivity contribution in [3.63, 3.8) is 0 Å². The van der Waals surface area contributed by atoms with Gasteiger partial charge in [0, 0.05) is 0 Å². The van der Waals surface area contributed by atoms with Crippen LogP contribution in [0.4, 0.5) is 5.69 Å². The van der Waals surface area contributed by atoms with Crippen LogP contribution in [0.1, 0.15) is 29.3 Å². The number of methoxy groups -OCH3 is 1. The third kappa shape index (κ3) is 2.88. The molecule has 0 aliphatic rings. The predicted octanol–water partition coefficient (Wildman–Crippen LogP) is 3.16. The first-order valence-corrected chi connectivity index (χ1v) is 5.84. The Morgan fingerprint density at radius 1 is 1.32 bits per heavy atom. The van der Waals surface area contributed by atoms with E-state index in [2.05, 4.69) is 5.32 Å². The molecule has 2 rings (SSSR count). The number of para-hydroxylation sites is 2. The summed E-state index contributed by atoms with van der Waals surface area (Å²) in [7, 11) is 1.60. The SMILES string of the molecule is COc1ccccc1NC(C)c1ccc(C(=O)O)o1. The van der Waals surface area contributed by atoms with Gasteiger partial charge in [0.1, 0.15) is 11.5 Å². The number of ether oxygens (including phenoxy) is 1. The maximum Gasteiger partial charge on any atom is 0.371 e. The molecule has 5 heteroatoms. The molecule has 0 aliphatic carbocycles. The second kappa shape index (κ2) is 5.48. The zero-order valence-corrected chi connectivity index (χ0v) is 10.7. The number of hydrogen-bond donors (Lipinski definition) is 2. The van der Waals surface area contributed by atoms with Crippen LogP contribution < -0.4 is 10.1 Å². The molecule has 1 aromatic carbocycles. The Morgan fingerprint density at radius 2 is 2.05 bits per heavy atom. The normalized spacial score (nSPS) is 11.9. The van der Waals surface area contributed by atoms with Crippen molar-refractivity contribution in [1.29, 1.82) is 0 Å². The van der Waals surface area contributed by atoms with Crippen LogP contribution >= 0.6 is 0 Å². The van der Waals surface area contributed by atoms with Crippen LogP contribution in [0, 0.1) is 0 Å². The number of rotatable bonds is 5. The lowest BCUT2D eigenvalue weighted by Crippen LogP contribution is -2.06. The average Bonchev–Trinajstić information content (AvgIpc) is 2.89. The minimum atomic E-state index is -1.07. The largest absolute Gasteiger partial charge is 0.495 e. The Balaban J connectivity index is 2.15. The highest BCUT2D eigenvalue weighted by Crippen LogP contribution is 2.28. The molecule has 2 aromatic rings. The molecule has 19 heavy (non-hydrogen) atoms. The Labute approximate surface area is 110 Å². The van der Waals surface area contributed by atoms with E-state index in [4.69, 9.17) is 14.3 Å². The number of anilines is 1. The lowest BCUT2D eigenvalue weighted by molar-refractivity contribution is 0.0660. The fraction of sp³-hybridized carbons (Fsp3) is 0.214. The van der Waals surface area contributed by atoms with Gasteiger partial charge in [0.25, 0.3) is 0 Å². The first-order valence-electron chi connectivity index (χ1n) is 5.84. The van der Waals surface area contributed by atoms with Crippen LogP contribution in [0.15, 0.2) is 40.8 Å². The molecular weight excluding hydrogens is 246 g/mol. The highest BCUT2D eigenvalue weighted by molar-refractivity contribution is 5.84. The fourth-order valence-electron chi connectivity index (χ4n) is 1.77. The smallest absolute Gasteiger partial charge is 0.371 e. The quantitative estimate of drug-likeness (QED) is 0.865. The molecule has 1 atom stereocenters. The molecular formula is C14H15NO4. The van der Waals surface area contributed by atoms with Crippen LogP contribution in [-0.2, 0) is 0 Å². The van der Waals surface area contributed by atoms with Gasteiger partial charge in [0.2, 0.25) is 5.76 Å². The van der Waals surface area contributed by atoms with Gasteiger partial charge in [0.15, 0.2) is 0 Å². The summed E-state index contributed by atoms with van der Waals surface area (Å²) >= 11 is 0. The maximum atomic E-state index is 10.8. The molecule has 0 aliphatic heterocycles. The number of nitrogens with one attached hydrogen (secondary N) is 1. The Morgan fingerprint density at radius 3 is 2.68 bits per heavy atom. The molecule has 0 fully saturated rings. The minimum Gasteiger partial charge on any atom is -0.495 e. The topological polar surface area (TPSA) is 71.7 Å². The third-order valence-corrected chi connectivity index (χ3v) is 2.74. The van der Waals surface area contributed by atoms with E-state index in [1.165, 1.54) is 6.07 Å². The first kappa shape index (κ1) is 13.0. The first-order chi connectivity index (χ1) is 9.11. The fourth-order valence-corrected chi connectivity index (χ4v) is 1.77. The van der Waals surface area contributed by atoms with Gasteiger partial charge in [0.05, 0.1) is 18.8 Å². The van der Waals surface area contributed by atoms with Crippen LogP contribution in [-0.4, -0.2) is 18.2 Å². The van der Waals surface area contributed by atoms with Gasteiger partial charge >= 0.3 is 5.97 Å². The summed E-state index contributed by atoms with van der Waals surface area (Å²) in [4.78, 5) is 10.8. The van der Waals surface area contributed by atoms with Crippen LogP contribution in [0.25, 0.3) is 0 Å². The molecule has 0 saturated heterocycles. The third-order valence-electron chi connectivity index (χ3n) is 2.74. The van der Waals surface area contributed by atoms with E-state index < -0.39 is 5.97 Å². The molecule has 0 radical (unpaired) electrons. The highest BCUT2D eigenvalue weighted by atomic mass is 16.5. The van der Waals surface area contributed by atoms with Gasteiger partial charge in [-0.2, -0.15) is 0 Å². The molecule has 1 heterocycles. The zero-order valence-electron chi connectivity index (χ0n) is 10.7. The number of furan rings is 1. The molecule has 100 valence electrons. The summed E-state index contributed by atoms with van der Waals surface area (Å²) < 4.78 is 10.5. The standard InChI is InChI=1S/C14H15NO4/c1-9(11-7-8-13(19-11)14(16)17)15-10-5-3-4-6-12(10)18-2/h3-9,15H,1-2H3,(H,16,17). The van der Waals surface area contributed by atoms with Crippen molar-refractivity contribution in [2.24, 2.45) is 0 Å². The Kier molecular flexibility index (Phi) is 3.75. The van der Waals surface area contributed by atoms with Gasteiger partial charge in [-0.05, 0) is 31.2 Å². The van der Waals surface area contributed by atoms with Crippen molar-refractivity contribution in [1.82, 2.24) is 0 Å². The van der Waals surface area contributed by atoms with Gasteiger partial charge < -0.3 is 19.6 Å². The number of carboxylic acids is 1. The van der Waals surface area contributed by atoms with Gasteiger partial charge in [-0.25, -0.2) is 4.79 Å².